The van der Waals surface area contributed by atoms with E-state index in [-0.39, 0.29) is 0 Å². The third-order valence-electron chi connectivity index (χ3n) is 4.03. The number of hydrogen-bond donors (Lipinski definition) is 1. The fourth-order valence-corrected chi connectivity index (χ4v) is 3.04. The molecule has 0 saturated heterocycles. The molecule has 0 bridgehead atoms. The summed E-state index contributed by atoms with van der Waals surface area (Å²) in [5, 5.41) is 3.60. The minimum absolute atomic E-state index is 0.384. The summed E-state index contributed by atoms with van der Waals surface area (Å²) in [6.07, 6.45) is 3.52. The molecule has 1 atom stereocenters. The van der Waals surface area contributed by atoms with Crippen LogP contribution in [-0.4, -0.2) is 19.6 Å². The SMILES string of the molecule is CCCNC(C)c1ccc(Br)cc1N(C)C(CC)CC. The van der Waals surface area contributed by atoms with Crippen molar-refractivity contribution >= 4 is 21.6 Å². The zero-order valence-electron chi connectivity index (χ0n) is 13.5. The summed E-state index contributed by atoms with van der Waals surface area (Å²) >= 11 is 3.61. The van der Waals surface area contributed by atoms with Crippen molar-refractivity contribution in [2.45, 2.75) is 59.0 Å². The molecule has 114 valence electrons. The molecule has 1 aromatic rings. The average molecular weight is 341 g/mol. The number of nitrogens with one attached hydrogen (secondary N) is 1. The predicted molar refractivity (Wildman–Crippen MR) is 93.6 cm³/mol. The van der Waals surface area contributed by atoms with Gasteiger partial charge >= 0.3 is 0 Å². The number of anilines is 1. The number of nitrogens with zero attached hydrogens (tertiary/aromatic N) is 1. The molecule has 0 aliphatic heterocycles. The molecule has 0 radical (unpaired) electrons. The largest absolute Gasteiger partial charge is 0.371 e. The maximum Gasteiger partial charge on any atom is 0.0425 e. The Labute approximate surface area is 133 Å². The van der Waals surface area contributed by atoms with Crippen LogP contribution in [0.3, 0.4) is 0 Å². The van der Waals surface area contributed by atoms with Gasteiger partial charge in [-0.2, -0.15) is 0 Å². The van der Waals surface area contributed by atoms with E-state index in [1.54, 1.807) is 0 Å². The van der Waals surface area contributed by atoms with Crippen molar-refractivity contribution in [2.75, 3.05) is 18.5 Å². The van der Waals surface area contributed by atoms with Gasteiger partial charge in [-0.05, 0) is 50.4 Å². The molecule has 2 nitrogen and oxygen atoms in total. The van der Waals surface area contributed by atoms with Gasteiger partial charge in [-0.25, -0.2) is 0 Å². The third-order valence-corrected chi connectivity index (χ3v) is 4.52. The lowest BCUT2D eigenvalue weighted by atomic mass is 10.0. The van der Waals surface area contributed by atoms with Gasteiger partial charge in [0.15, 0.2) is 0 Å². The van der Waals surface area contributed by atoms with E-state index in [4.69, 9.17) is 0 Å². The Kier molecular flexibility index (Phi) is 7.60. The highest BCUT2D eigenvalue weighted by atomic mass is 79.9. The van der Waals surface area contributed by atoms with E-state index in [2.05, 4.69) is 79.1 Å². The van der Waals surface area contributed by atoms with Gasteiger partial charge in [0.2, 0.25) is 0 Å². The molecule has 3 heteroatoms. The summed E-state index contributed by atoms with van der Waals surface area (Å²) in [7, 11) is 2.22. The maximum atomic E-state index is 3.61. The average Bonchev–Trinajstić information content (AvgIpc) is 2.45. The van der Waals surface area contributed by atoms with Gasteiger partial charge in [-0.1, -0.05) is 42.8 Å². The van der Waals surface area contributed by atoms with Gasteiger partial charge < -0.3 is 10.2 Å². The number of halogens is 1. The first-order chi connectivity index (χ1) is 9.54. The first-order valence-corrected chi connectivity index (χ1v) is 8.60. The lowest BCUT2D eigenvalue weighted by Gasteiger charge is -2.32. The Morgan fingerprint density at radius 1 is 1.20 bits per heavy atom. The van der Waals surface area contributed by atoms with Crippen molar-refractivity contribution in [1.29, 1.82) is 0 Å². The second-order valence-electron chi connectivity index (χ2n) is 5.46. The van der Waals surface area contributed by atoms with E-state index >= 15 is 0 Å². The Morgan fingerprint density at radius 3 is 2.40 bits per heavy atom. The molecule has 0 saturated carbocycles. The van der Waals surface area contributed by atoms with Gasteiger partial charge in [0.25, 0.3) is 0 Å². The van der Waals surface area contributed by atoms with Crippen LogP contribution in [0.15, 0.2) is 22.7 Å². The molecule has 1 N–H and O–H groups in total. The molecular weight excluding hydrogens is 312 g/mol. The smallest absolute Gasteiger partial charge is 0.0425 e. The van der Waals surface area contributed by atoms with Crippen LogP contribution in [0.4, 0.5) is 5.69 Å². The Hall–Kier alpha value is -0.540. The van der Waals surface area contributed by atoms with E-state index in [0.29, 0.717) is 12.1 Å². The molecule has 1 unspecified atom stereocenters. The van der Waals surface area contributed by atoms with Crippen molar-refractivity contribution in [3.8, 4) is 0 Å². The molecular formula is C17H29BrN2. The molecule has 20 heavy (non-hydrogen) atoms. The van der Waals surface area contributed by atoms with Gasteiger partial charge in [-0.15, -0.1) is 0 Å². The van der Waals surface area contributed by atoms with Crippen LogP contribution in [0, 0.1) is 0 Å². The standard InChI is InChI=1S/C17H29BrN2/c1-6-11-19-13(4)16-10-9-14(18)12-17(16)20(5)15(7-2)8-3/h9-10,12-13,15,19H,6-8,11H2,1-5H3. The predicted octanol–water partition coefficient (Wildman–Crippen LogP) is 5.13. The molecule has 0 spiro atoms. The van der Waals surface area contributed by atoms with Crippen molar-refractivity contribution in [3.63, 3.8) is 0 Å². The van der Waals surface area contributed by atoms with E-state index in [1.165, 1.54) is 30.5 Å². The normalized spacial score (nSPS) is 12.8. The summed E-state index contributed by atoms with van der Waals surface area (Å²) in [5.41, 5.74) is 2.72. The number of hydrogen-bond acceptors (Lipinski definition) is 2. The van der Waals surface area contributed by atoms with Crippen LogP contribution in [0.1, 0.15) is 58.6 Å². The zero-order valence-corrected chi connectivity index (χ0v) is 15.1. The fourth-order valence-electron chi connectivity index (χ4n) is 2.69. The molecule has 0 fully saturated rings. The number of rotatable bonds is 8. The van der Waals surface area contributed by atoms with Gasteiger partial charge in [-0.3, -0.25) is 0 Å². The van der Waals surface area contributed by atoms with Crippen LogP contribution in [0.2, 0.25) is 0 Å². The summed E-state index contributed by atoms with van der Waals surface area (Å²) in [5.74, 6) is 0. The lowest BCUT2D eigenvalue weighted by Crippen LogP contribution is -2.32. The summed E-state index contributed by atoms with van der Waals surface area (Å²) < 4.78 is 1.15. The second kappa shape index (κ2) is 8.68. The van der Waals surface area contributed by atoms with Crippen LogP contribution in [0.25, 0.3) is 0 Å². The summed E-state index contributed by atoms with van der Waals surface area (Å²) in [6, 6.07) is 7.61. The second-order valence-corrected chi connectivity index (χ2v) is 6.38. The van der Waals surface area contributed by atoms with Crippen LogP contribution in [0.5, 0.6) is 0 Å². The van der Waals surface area contributed by atoms with E-state index in [9.17, 15) is 0 Å². The quantitative estimate of drug-likeness (QED) is 0.705. The minimum Gasteiger partial charge on any atom is -0.371 e. The highest BCUT2D eigenvalue weighted by Gasteiger charge is 2.18. The van der Waals surface area contributed by atoms with Crippen LogP contribution < -0.4 is 10.2 Å². The zero-order chi connectivity index (χ0) is 15.1. The Bertz CT molecular complexity index is 402. The fraction of sp³-hybridized carbons (Fsp3) is 0.647. The summed E-state index contributed by atoms with van der Waals surface area (Å²) in [6.45, 7) is 10.1. The van der Waals surface area contributed by atoms with Crippen molar-refractivity contribution < 1.29 is 0 Å². The Balaban J connectivity index is 3.06. The number of benzene rings is 1. The maximum absolute atomic E-state index is 3.61. The van der Waals surface area contributed by atoms with Crippen molar-refractivity contribution in [1.82, 2.24) is 5.32 Å². The minimum atomic E-state index is 0.384. The van der Waals surface area contributed by atoms with Crippen molar-refractivity contribution in [2.24, 2.45) is 0 Å². The highest BCUT2D eigenvalue weighted by molar-refractivity contribution is 9.10. The lowest BCUT2D eigenvalue weighted by molar-refractivity contribution is 0.557. The topological polar surface area (TPSA) is 15.3 Å². The molecule has 0 heterocycles. The first kappa shape index (κ1) is 17.5. The van der Waals surface area contributed by atoms with E-state index in [1.807, 2.05) is 0 Å². The van der Waals surface area contributed by atoms with E-state index in [0.717, 1.165) is 11.0 Å². The highest BCUT2D eigenvalue weighted by Crippen LogP contribution is 2.31. The molecule has 0 amide bonds. The molecule has 1 rings (SSSR count). The van der Waals surface area contributed by atoms with Crippen LogP contribution >= 0.6 is 15.9 Å². The molecule has 0 aromatic heterocycles. The molecule has 0 aliphatic carbocycles. The van der Waals surface area contributed by atoms with Crippen molar-refractivity contribution in [3.05, 3.63) is 28.2 Å². The van der Waals surface area contributed by atoms with E-state index < -0.39 is 0 Å². The monoisotopic (exact) mass is 340 g/mol. The molecule has 1 aromatic carbocycles. The van der Waals surface area contributed by atoms with Gasteiger partial charge in [0.1, 0.15) is 0 Å². The van der Waals surface area contributed by atoms with Gasteiger partial charge in [0.05, 0.1) is 0 Å². The third kappa shape index (κ3) is 4.49. The summed E-state index contributed by atoms with van der Waals surface area (Å²) in [4.78, 5) is 2.43. The Morgan fingerprint density at radius 2 is 1.85 bits per heavy atom. The van der Waals surface area contributed by atoms with Gasteiger partial charge in [0, 0.05) is 29.3 Å². The van der Waals surface area contributed by atoms with Crippen LogP contribution in [-0.2, 0) is 0 Å². The first-order valence-electron chi connectivity index (χ1n) is 7.80. The molecule has 0 aliphatic rings.